The van der Waals surface area contributed by atoms with E-state index in [0.29, 0.717) is 22.5 Å². The number of halogens is 1. The molecular weight excluding hydrogens is 282 g/mol. The summed E-state index contributed by atoms with van der Waals surface area (Å²) < 4.78 is 6.16. The van der Waals surface area contributed by atoms with E-state index in [1.807, 2.05) is 30.3 Å². The molecule has 0 aliphatic carbocycles. The highest BCUT2D eigenvalue weighted by atomic mass is 79.9. The molecule has 2 rings (SSSR count). The minimum atomic E-state index is 0.438. The van der Waals surface area contributed by atoms with Crippen LogP contribution in [-0.4, -0.2) is 11.3 Å². The van der Waals surface area contributed by atoms with Crippen molar-refractivity contribution >= 4 is 22.2 Å². The van der Waals surface area contributed by atoms with E-state index in [0.717, 1.165) is 11.8 Å². The van der Waals surface area contributed by atoms with Crippen molar-refractivity contribution in [1.29, 1.82) is 0 Å². The number of pyridine rings is 1. The maximum Gasteiger partial charge on any atom is 0.214 e. The lowest BCUT2D eigenvalue weighted by Crippen LogP contribution is -1.98. The third-order valence-electron chi connectivity index (χ3n) is 2.22. The molecule has 0 saturated heterocycles. The summed E-state index contributed by atoms with van der Waals surface area (Å²) >= 11 is 3.24. The summed E-state index contributed by atoms with van der Waals surface area (Å²) in [5.41, 5.74) is 1.59. The van der Waals surface area contributed by atoms with Crippen molar-refractivity contribution in [2.24, 2.45) is 0 Å². The second-order valence-corrected chi connectivity index (χ2v) is 4.29. The largest absolute Gasteiger partial charge is 0.473 e. The van der Waals surface area contributed by atoms with E-state index in [1.165, 1.54) is 0 Å². The third kappa shape index (κ3) is 3.14. The Morgan fingerprint density at radius 1 is 1.29 bits per heavy atom. The van der Waals surface area contributed by atoms with Gasteiger partial charge in [-0.3, -0.25) is 4.79 Å². The van der Waals surface area contributed by atoms with Crippen LogP contribution in [0.15, 0.2) is 47.1 Å². The summed E-state index contributed by atoms with van der Waals surface area (Å²) in [5, 5.41) is 0. The van der Waals surface area contributed by atoms with Crippen molar-refractivity contribution in [3.63, 3.8) is 0 Å². The van der Waals surface area contributed by atoms with E-state index in [4.69, 9.17) is 4.74 Å². The zero-order chi connectivity index (χ0) is 12.1. The predicted octanol–water partition coefficient (Wildman–Crippen LogP) is 3.24. The summed E-state index contributed by atoms with van der Waals surface area (Å²) in [6.07, 6.45) is 2.32. The van der Waals surface area contributed by atoms with Gasteiger partial charge in [0.25, 0.3) is 0 Å². The fourth-order valence-electron chi connectivity index (χ4n) is 1.33. The van der Waals surface area contributed by atoms with Crippen LogP contribution < -0.4 is 4.74 Å². The molecule has 0 spiro atoms. The lowest BCUT2D eigenvalue weighted by molar-refractivity contribution is 0.112. The van der Waals surface area contributed by atoms with Crippen LogP contribution in [0.25, 0.3) is 0 Å². The van der Waals surface area contributed by atoms with Gasteiger partial charge in [0.15, 0.2) is 6.29 Å². The molecule has 0 radical (unpaired) electrons. The predicted molar refractivity (Wildman–Crippen MR) is 68.1 cm³/mol. The zero-order valence-corrected chi connectivity index (χ0v) is 10.6. The van der Waals surface area contributed by atoms with Crippen molar-refractivity contribution < 1.29 is 9.53 Å². The van der Waals surface area contributed by atoms with Crippen LogP contribution in [0.5, 0.6) is 5.88 Å². The van der Waals surface area contributed by atoms with Crippen molar-refractivity contribution in [2.75, 3.05) is 0 Å². The van der Waals surface area contributed by atoms with Gasteiger partial charge in [0, 0.05) is 22.3 Å². The molecule has 86 valence electrons. The highest BCUT2D eigenvalue weighted by Gasteiger charge is 2.03. The van der Waals surface area contributed by atoms with Crippen molar-refractivity contribution in [3.8, 4) is 5.88 Å². The van der Waals surface area contributed by atoms with Gasteiger partial charge in [-0.1, -0.05) is 30.3 Å². The van der Waals surface area contributed by atoms with Crippen molar-refractivity contribution in [3.05, 3.63) is 58.2 Å². The average molecular weight is 292 g/mol. The number of hydrogen-bond donors (Lipinski definition) is 0. The van der Waals surface area contributed by atoms with Gasteiger partial charge in [0.1, 0.15) is 6.61 Å². The highest BCUT2D eigenvalue weighted by molar-refractivity contribution is 9.10. The normalized spacial score (nSPS) is 9.94. The standard InChI is InChI=1S/C13H10BrNO2/c14-12-7-15-13(6-11(12)8-16)17-9-10-4-2-1-3-5-10/h1-8H,9H2. The van der Waals surface area contributed by atoms with Gasteiger partial charge in [0.2, 0.25) is 5.88 Å². The fraction of sp³-hybridized carbons (Fsp3) is 0.0769. The summed E-state index contributed by atoms with van der Waals surface area (Å²) in [6, 6.07) is 11.4. The quantitative estimate of drug-likeness (QED) is 0.812. The second kappa shape index (κ2) is 5.59. The number of benzene rings is 1. The van der Waals surface area contributed by atoms with Crippen LogP contribution in [0.1, 0.15) is 15.9 Å². The molecule has 0 N–H and O–H groups in total. The Balaban J connectivity index is 2.07. The maximum absolute atomic E-state index is 10.7. The summed E-state index contributed by atoms with van der Waals surface area (Å²) in [5.74, 6) is 0.444. The van der Waals surface area contributed by atoms with Gasteiger partial charge >= 0.3 is 0 Å². The molecule has 2 aromatic rings. The van der Waals surface area contributed by atoms with Crippen LogP contribution in [-0.2, 0) is 6.61 Å². The summed E-state index contributed by atoms with van der Waals surface area (Å²) in [4.78, 5) is 14.8. The number of carbonyl (C=O) groups is 1. The third-order valence-corrected chi connectivity index (χ3v) is 2.88. The molecule has 0 atom stereocenters. The molecule has 1 aromatic carbocycles. The molecule has 3 nitrogen and oxygen atoms in total. The molecule has 17 heavy (non-hydrogen) atoms. The summed E-state index contributed by atoms with van der Waals surface area (Å²) in [6.45, 7) is 0.438. The Kier molecular flexibility index (Phi) is 3.88. The number of nitrogens with zero attached hydrogens (tertiary/aromatic N) is 1. The van der Waals surface area contributed by atoms with Gasteiger partial charge in [-0.05, 0) is 21.5 Å². The van der Waals surface area contributed by atoms with Gasteiger partial charge in [0.05, 0.1) is 0 Å². The SMILES string of the molecule is O=Cc1cc(OCc2ccccc2)ncc1Br. The maximum atomic E-state index is 10.7. The first-order valence-electron chi connectivity index (χ1n) is 5.07. The van der Waals surface area contributed by atoms with Crippen LogP contribution >= 0.6 is 15.9 Å². The number of hydrogen-bond acceptors (Lipinski definition) is 3. The molecule has 0 aliphatic heterocycles. The van der Waals surface area contributed by atoms with E-state index in [1.54, 1.807) is 12.3 Å². The number of ether oxygens (including phenoxy) is 1. The van der Waals surface area contributed by atoms with E-state index < -0.39 is 0 Å². The van der Waals surface area contributed by atoms with Gasteiger partial charge in [-0.15, -0.1) is 0 Å². The average Bonchev–Trinajstić information content (AvgIpc) is 2.39. The first kappa shape index (κ1) is 11.8. The van der Waals surface area contributed by atoms with Crippen LogP contribution in [0.3, 0.4) is 0 Å². The Labute approximate surface area is 108 Å². The Bertz CT molecular complexity index is 514. The number of carbonyl (C=O) groups excluding carboxylic acids is 1. The fourth-order valence-corrected chi connectivity index (χ4v) is 1.65. The second-order valence-electron chi connectivity index (χ2n) is 3.44. The Morgan fingerprint density at radius 3 is 2.76 bits per heavy atom. The number of aldehydes is 1. The topological polar surface area (TPSA) is 39.2 Å². The van der Waals surface area contributed by atoms with Gasteiger partial charge in [-0.2, -0.15) is 0 Å². The van der Waals surface area contributed by atoms with E-state index in [9.17, 15) is 4.79 Å². The molecule has 1 aromatic heterocycles. The van der Waals surface area contributed by atoms with E-state index in [2.05, 4.69) is 20.9 Å². The molecule has 0 saturated carbocycles. The number of aromatic nitrogens is 1. The van der Waals surface area contributed by atoms with Crippen LogP contribution in [0.4, 0.5) is 0 Å². The monoisotopic (exact) mass is 291 g/mol. The molecule has 1 heterocycles. The van der Waals surface area contributed by atoms with Crippen molar-refractivity contribution in [1.82, 2.24) is 4.98 Å². The molecule has 0 bridgehead atoms. The number of rotatable bonds is 4. The van der Waals surface area contributed by atoms with Gasteiger partial charge in [-0.25, -0.2) is 4.98 Å². The smallest absolute Gasteiger partial charge is 0.214 e. The van der Waals surface area contributed by atoms with E-state index in [-0.39, 0.29) is 0 Å². The molecule has 0 fully saturated rings. The van der Waals surface area contributed by atoms with Crippen LogP contribution in [0, 0.1) is 0 Å². The van der Waals surface area contributed by atoms with Crippen LogP contribution in [0.2, 0.25) is 0 Å². The highest BCUT2D eigenvalue weighted by Crippen LogP contribution is 2.18. The first-order valence-corrected chi connectivity index (χ1v) is 5.86. The van der Waals surface area contributed by atoms with Gasteiger partial charge < -0.3 is 4.74 Å². The lowest BCUT2D eigenvalue weighted by atomic mass is 10.2. The molecular formula is C13H10BrNO2. The van der Waals surface area contributed by atoms with E-state index >= 15 is 0 Å². The van der Waals surface area contributed by atoms with Crippen molar-refractivity contribution in [2.45, 2.75) is 6.61 Å². The Morgan fingerprint density at radius 2 is 2.06 bits per heavy atom. The molecule has 0 aliphatic rings. The lowest BCUT2D eigenvalue weighted by Gasteiger charge is -2.06. The molecule has 0 amide bonds. The Hall–Kier alpha value is -1.68. The zero-order valence-electron chi connectivity index (χ0n) is 8.97. The summed E-state index contributed by atoms with van der Waals surface area (Å²) in [7, 11) is 0. The minimum Gasteiger partial charge on any atom is -0.473 e. The molecule has 4 heteroatoms. The first-order chi connectivity index (χ1) is 8.29. The molecule has 0 unspecified atom stereocenters. The minimum absolute atomic E-state index is 0.438.